The van der Waals surface area contributed by atoms with Gasteiger partial charge in [-0.3, -0.25) is 4.79 Å². The van der Waals surface area contributed by atoms with Gasteiger partial charge in [-0.1, -0.05) is 59.8 Å². The van der Waals surface area contributed by atoms with Crippen LogP contribution < -0.4 is 5.32 Å². The molecule has 1 aromatic rings. The summed E-state index contributed by atoms with van der Waals surface area (Å²) >= 11 is 18.4. The van der Waals surface area contributed by atoms with Crippen LogP contribution in [-0.4, -0.2) is 17.6 Å². The van der Waals surface area contributed by atoms with E-state index in [1.807, 2.05) is 0 Å². The molecule has 0 aliphatic heterocycles. The highest BCUT2D eigenvalue weighted by Crippen LogP contribution is 2.32. The average Bonchev–Trinajstić information content (AvgIpc) is 2.57. The quantitative estimate of drug-likeness (QED) is 0.362. The molecule has 0 radical (unpaired) electrons. The third-order valence-corrected chi connectivity index (χ3v) is 5.82. The van der Waals surface area contributed by atoms with Crippen LogP contribution in [0.2, 0.25) is 15.1 Å². The fraction of sp³-hybridized carbons (Fsp3) is 0.550. The molecule has 2 N–H and O–H groups in total. The Morgan fingerprint density at radius 3 is 2.58 bits per heavy atom. The largest absolute Gasteiger partial charge is 0.481 e. The van der Waals surface area contributed by atoms with Crippen molar-refractivity contribution in [2.75, 3.05) is 6.54 Å². The first kappa shape index (κ1) is 21.6. The highest BCUT2D eigenvalue weighted by atomic mass is 35.5. The molecule has 2 rings (SSSR count). The van der Waals surface area contributed by atoms with Gasteiger partial charge in [-0.05, 0) is 56.2 Å². The maximum Gasteiger partial charge on any atom is 0.303 e. The number of hydrogen-bond acceptors (Lipinski definition) is 2. The molecule has 1 aliphatic rings. The normalized spacial score (nSPS) is 20.6. The smallest absolute Gasteiger partial charge is 0.303 e. The van der Waals surface area contributed by atoms with E-state index in [4.69, 9.17) is 39.9 Å². The Bertz CT molecular complexity index is 610. The van der Waals surface area contributed by atoms with Crippen LogP contribution in [0.4, 0.5) is 0 Å². The molecule has 0 heterocycles. The molecular weight excluding hydrogens is 393 g/mol. The van der Waals surface area contributed by atoms with Crippen molar-refractivity contribution >= 4 is 40.8 Å². The van der Waals surface area contributed by atoms with E-state index in [0.29, 0.717) is 39.9 Å². The maximum absolute atomic E-state index is 10.6. The molecule has 26 heavy (non-hydrogen) atoms. The van der Waals surface area contributed by atoms with Crippen LogP contribution in [-0.2, 0) is 11.3 Å². The molecule has 144 valence electrons. The number of nitrogens with one attached hydrogen (secondary N) is 1. The standard InChI is InChI=1S/C20H26Cl3NO2/c21-16-10-18(22)17(19(23)11-16)13-24-12-15-8-5-4-7-14(15)6-2-1-3-9-20(25)26/h2,6,10-11,14-15,24H,1,3-5,7-9,12-13H2,(H,25,26)/b6-2-/t14-,15+/m0/s1. The summed E-state index contributed by atoms with van der Waals surface area (Å²) in [6.45, 7) is 1.54. The lowest BCUT2D eigenvalue weighted by molar-refractivity contribution is -0.137. The lowest BCUT2D eigenvalue weighted by atomic mass is 9.79. The number of unbranched alkanes of at least 4 members (excludes halogenated alkanes) is 1. The second-order valence-electron chi connectivity index (χ2n) is 6.90. The van der Waals surface area contributed by atoms with Crippen LogP contribution in [0.15, 0.2) is 24.3 Å². The van der Waals surface area contributed by atoms with E-state index in [0.717, 1.165) is 18.5 Å². The molecule has 2 atom stereocenters. The molecule has 1 saturated carbocycles. The molecule has 0 bridgehead atoms. The summed E-state index contributed by atoms with van der Waals surface area (Å²) < 4.78 is 0. The van der Waals surface area contributed by atoms with Gasteiger partial charge >= 0.3 is 5.97 Å². The number of carboxylic acids is 1. The Morgan fingerprint density at radius 2 is 1.88 bits per heavy atom. The summed E-state index contributed by atoms with van der Waals surface area (Å²) in [5.74, 6) is 0.416. The first-order valence-corrected chi connectivity index (χ1v) is 10.3. The highest BCUT2D eigenvalue weighted by molar-refractivity contribution is 6.39. The zero-order chi connectivity index (χ0) is 18.9. The lowest BCUT2D eigenvalue weighted by Gasteiger charge is -2.30. The first-order valence-electron chi connectivity index (χ1n) is 9.20. The third-order valence-electron chi connectivity index (χ3n) is 4.93. The topological polar surface area (TPSA) is 49.3 Å². The van der Waals surface area contributed by atoms with E-state index in [2.05, 4.69) is 17.5 Å². The molecule has 1 aromatic carbocycles. The van der Waals surface area contributed by atoms with Gasteiger partial charge in [0, 0.05) is 33.6 Å². The van der Waals surface area contributed by atoms with Gasteiger partial charge in [0.05, 0.1) is 0 Å². The number of benzene rings is 1. The van der Waals surface area contributed by atoms with E-state index in [1.54, 1.807) is 12.1 Å². The van der Waals surface area contributed by atoms with Crippen molar-refractivity contribution in [2.45, 2.75) is 51.5 Å². The van der Waals surface area contributed by atoms with Gasteiger partial charge in [0.15, 0.2) is 0 Å². The lowest BCUT2D eigenvalue weighted by Crippen LogP contribution is -2.29. The molecule has 0 spiro atoms. The number of carboxylic acid groups (broad SMARTS) is 1. The monoisotopic (exact) mass is 417 g/mol. The van der Waals surface area contributed by atoms with Crippen LogP contribution in [0.25, 0.3) is 0 Å². The molecule has 0 unspecified atom stereocenters. The van der Waals surface area contributed by atoms with Gasteiger partial charge in [0.2, 0.25) is 0 Å². The van der Waals surface area contributed by atoms with Gasteiger partial charge < -0.3 is 10.4 Å². The number of aliphatic carboxylic acids is 1. The summed E-state index contributed by atoms with van der Waals surface area (Å²) in [7, 11) is 0. The summed E-state index contributed by atoms with van der Waals surface area (Å²) in [5, 5.41) is 13.9. The van der Waals surface area contributed by atoms with Crippen LogP contribution >= 0.6 is 34.8 Å². The minimum atomic E-state index is -0.724. The molecule has 0 saturated heterocycles. The zero-order valence-corrected chi connectivity index (χ0v) is 17.1. The van der Waals surface area contributed by atoms with Gasteiger partial charge in [-0.25, -0.2) is 0 Å². The van der Waals surface area contributed by atoms with Crippen molar-refractivity contribution in [3.05, 3.63) is 44.9 Å². The molecule has 0 amide bonds. The fourth-order valence-electron chi connectivity index (χ4n) is 3.51. The Labute approximate surface area is 170 Å². The fourth-order valence-corrected chi connectivity index (χ4v) is 4.46. The number of allylic oxidation sites excluding steroid dienone is 2. The molecular formula is C20H26Cl3NO2. The molecule has 0 aromatic heterocycles. The molecule has 3 nitrogen and oxygen atoms in total. The highest BCUT2D eigenvalue weighted by Gasteiger charge is 2.22. The predicted molar refractivity (Wildman–Crippen MR) is 109 cm³/mol. The van der Waals surface area contributed by atoms with E-state index in [-0.39, 0.29) is 6.42 Å². The zero-order valence-electron chi connectivity index (χ0n) is 14.8. The van der Waals surface area contributed by atoms with Crippen molar-refractivity contribution in [1.29, 1.82) is 0 Å². The summed E-state index contributed by atoms with van der Waals surface area (Å²) in [4.78, 5) is 10.6. The Balaban J connectivity index is 1.82. The van der Waals surface area contributed by atoms with Crippen molar-refractivity contribution in [2.24, 2.45) is 11.8 Å². The minimum Gasteiger partial charge on any atom is -0.481 e. The van der Waals surface area contributed by atoms with Gasteiger partial charge in [0.25, 0.3) is 0 Å². The Kier molecular flexibility index (Phi) is 9.27. The first-order chi connectivity index (χ1) is 12.5. The van der Waals surface area contributed by atoms with E-state index in [9.17, 15) is 4.79 Å². The second kappa shape index (κ2) is 11.2. The second-order valence-corrected chi connectivity index (χ2v) is 8.15. The maximum atomic E-state index is 10.6. The van der Waals surface area contributed by atoms with Gasteiger partial charge in [-0.15, -0.1) is 0 Å². The van der Waals surface area contributed by atoms with Crippen molar-refractivity contribution < 1.29 is 9.90 Å². The third kappa shape index (κ3) is 7.11. The van der Waals surface area contributed by atoms with Crippen molar-refractivity contribution in [3.8, 4) is 0 Å². The molecule has 1 aliphatic carbocycles. The number of rotatable bonds is 9. The average molecular weight is 419 g/mol. The molecule has 1 fully saturated rings. The van der Waals surface area contributed by atoms with Crippen LogP contribution in [0, 0.1) is 11.8 Å². The van der Waals surface area contributed by atoms with Crippen molar-refractivity contribution in [1.82, 2.24) is 5.32 Å². The number of carbonyl (C=O) groups is 1. The Morgan fingerprint density at radius 1 is 1.19 bits per heavy atom. The van der Waals surface area contributed by atoms with Gasteiger partial charge in [-0.2, -0.15) is 0 Å². The van der Waals surface area contributed by atoms with Crippen LogP contribution in [0.1, 0.15) is 50.5 Å². The predicted octanol–water partition coefficient (Wildman–Crippen LogP) is 6.35. The summed E-state index contributed by atoms with van der Waals surface area (Å²) in [6, 6.07) is 3.44. The summed E-state index contributed by atoms with van der Waals surface area (Å²) in [6.07, 6.45) is 11.1. The SMILES string of the molecule is O=C(O)CCC/C=C\[C@H]1CCCC[C@@H]1CNCc1c(Cl)cc(Cl)cc1Cl. The van der Waals surface area contributed by atoms with Crippen molar-refractivity contribution in [3.63, 3.8) is 0 Å². The minimum absolute atomic E-state index is 0.239. The number of halogens is 3. The van der Waals surface area contributed by atoms with E-state index < -0.39 is 5.97 Å². The van der Waals surface area contributed by atoms with E-state index >= 15 is 0 Å². The molecule has 6 heteroatoms. The van der Waals surface area contributed by atoms with Gasteiger partial charge in [0.1, 0.15) is 0 Å². The van der Waals surface area contributed by atoms with Crippen LogP contribution in [0.5, 0.6) is 0 Å². The summed E-state index contributed by atoms with van der Waals surface area (Å²) in [5.41, 5.74) is 0.884. The Hall–Kier alpha value is -0.740. The van der Waals surface area contributed by atoms with E-state index in [1.165, 1.54) is 25.7 Å². The number of hydrogen-bond donors (Lipinski definition) is 2. The van der Waals surface area contributed by atoms with Crippen LogP contribution in [0.3, 0.4) is 0 Å².